The van der Waals surface area contributed by atoms with Gasteiger partial charge in [-0.2, -0.15) is 45.1 Å². The average molecular weight is 596 g/mol. The second-order valence-electron chi connectivity index (χ2n) is 7.14. The topological polar surface area (TPSA) is 133 Å². The summed E-state index contributed by atoms with van der Waals surface area (Å²) >= 11 is 0. The molecule has 0 spiro atoms. The van der Waals surface area contributed by atoms with Gasteiger partial charge in [0.15, 0.2) is 0 Å². The quantitative estimate of drug-likeness (QED) is 0.345. The minimum Gasteiger partial charge on any atom is -0.394 e. The molecular weight excluding hydrogens is 568 g/mol. The van der Waals surface area contributed by atoms with Gasteiger partial charge in [0.05, 0.1) is 79.3 Å². The molecule has 0 radical (unpaired) electrons. The Kier molecular flexibility index (Phi) is 17.6. The summed E-state index contributed by atoms with van der Waals surface area (Å²) in [7, 11) is 0. The normalized spacial score (nSPS) is 16.4. The van der Waals surface area contributed by atoms with Crippen LogP contribution in [0.3, 0.4) is 0 Å². The third-order valence-electron chi connectivity index (χ3n) is 4.30. The Morgan fingerprint density at radius 1 is 0.350 bits per heavy atom. The van der Waals surface area contributed by atoms with Gasteiger partial charge in [0, 0.05) is 0 Å². The molecule has 0 amide bonds. The highest BCUT2D eigenvalue weighted by Crippen LogP contribution is 2.18. The summed E-state index contributed by atoms with van der Waals surface area (Å²) in [5.74, 6) is -13.7. The van der Waals surface area contributed by atoms with Gasteiger partial charge in [-0.3, -0.25) is 0 Å². The van der Waals surface area contributed by atoms with E-state index < -0.39 is 58.4 Å². The highest BCUT2D eigenvalue weighted by atomic mass is 19.2. The zero-order valence-electron chi connectivity index (χ0n) is 21.0. The molecule has 0 unspecified atom stereocenters. The van der Waals surface area contributed by atoms with Crippen molar-refractivity contribution in [2.75, 3.05) is 90.7 Å². The third-order valence-corrected chi connectivity index (χ3v) is 4.30. The van der Waals surface area contributed by atoms with Gasteiger partial charge in [-0.05, 0) is 0 Å². The van der Waals surface area contributed by atoms with Crippen LogP contribution < -0.4 is 11.5 Å². The number of hydrogen-bond acceptors (Lipinski definition) is 10. The van der Waals surface area contributed by atoms with Crippen LogP contribution in [0.25, 0.3) is 0 Å². The predicted molar refractivity (Wildman–Crippen MR) is 122 cm³/mol. The van der Waals surface area contributed by atoms with Crippen molar-refractivity contribution >= 4 is 11.4 Å². The van der Waals surface area contributed by atoms with Gasteiger partial charge >= 0.3 is 0 Å². The molecule has 228 valence electrons. The van der Waals surface area contributed by atoms with Gasteiger partial charge in [0.25, 0.3) is 23.8 Å². The second-order valence-corrected chi connectivity index (χ2v) is 7.14. The minimum absolute atomic E-state index is 0.586. The summed E-state index contributed by atoms with van der Waals surface area (Å²) in [5.41, 5.74) is 6.83. The Morgan fingerprint density at radius 3 is 0.650 bits per heavy atom. The molecule has 40 heavy (non-hydrogen) atoms. The van der Waals surface area contributed by atoms with Crippen LogP contribution in [0.15, 0.2) is 0 Å². The summed E-state index contributed by atoms with van der Waals surface area (Å²) in [6.07, 6.45) is 0. The van der Waals surface area contributed by atoms with Crippen LogP contribution in [-0.4, -0.2) is 89.3 Å². The van der Waals surface area contributed by atoms with E-state index in [0.29, 0.717) is 79.3 Å². The van der Waals surface area contributed by atoms with Crippen molar-refractivity contribution in [3.63, 3.8) is 0 Å². The Hall–Kier alpha value is -2.90. The van der Waals surface area contributed by atoms with Crippen molar-refractivity contribution in [3.8, 4) is 0 Å². The number of pyridine rings is 2. The molecule has 10 nitrogen and oxygen atoms in total. The molecule has 1 saturated heterocycles. The van der Waals surface area contributed by atoms with Crippen LogP contribution in [0.1, 0.15) is 0 Å². The lowest BCUT2D eigenvalue weighted by molar-refractivity contribution is -0.0334. The molecule has 1 fully saturated rings. The second kappa shape index (κ2) is 20.0. The van der Waals surface area contributed by atoms with Gasteiger partial charge in [-0.1, -0.05) is 0 Å². The Bertz CT molecular complexity index is 839. The van der Waals surface area contributed by atoms with Crippen LogP contribution in [0.2, 0.25) is 0 Å². The van der Waals surface area contributed by atoms with E-state index in [1.165, 1.54) is 0 Å². The highest BCUT2D eigenvalue weighted by molar-refractivity contribution is 5.39. The molecule has 0 aromatic carbocycles. The lowest BCUT2D eigenvalue weighted by Crippen LogP contribution is -2.16. The summed E-state index contributed by atoms with van der Waals surface area (Å²) in [4.78, 5) is 4.54. The lowest BCUT2D eigenvalue weighted by atomic mass is 10.4. The number of nitrogens with zero attached hydrogens (tertiary/aromatic N) is 2. The number of nitrogen functional groups attached to an aromatic ring is 2. The van der Waals surface area contributed by atoms with E-state index in [9.17, 15) is 35.1 Å². The van der Waals surface area contributed by atoms with E-state index in [4.69, 9.17) is 28.4 Å². The SMILES string of the molecule is C1COCCOCCOCCOCCOCCO1.Nc1c(F)c(F)nc(F)c1F.Nc1c(F)c(F)nc(F)c1F. The minimum atomic E-state index is -1.75. The number of hydrogen-bond donors (Lipinski definition) is 2. The first-order valence-electron chi connectivity index (χ1n) is 11.4. The molecular formula is C22H28F8N4O6. The summed E-state index contributed by atoms with van der Waals surface area (Å²) < 4.78 is 129. The van der Waals surface area contributed by atoms with Crippen molar-refractivity contribution in [2.45, 2.75) is 0 Å². The van der Waals surface area contributed by atoms with E-state index >= 15 is 0 Å². The number of aromatic nitrogens is 2. The third kappa shape index (κ3) is 13.4. The maximum absolute atomic E-state index is 12.2. The summed E-state index contributed by atoms with van der Waals surface area (Å²) in [6, 6.07) is 0. The molecule has 0 aliphatic carbocycles. The fourth-order valence-corrected chi connectivity index (χ4v) is 2.33. The van der Waals surface area contributed by atoms with Gasteiger partial charge in [0.1, 0.15) is 11.4 Å². The predicted octanol–water partition coefficient (Wildman–Crippen LogP) is 2.54. The van der Waals surface area contributed by atoms with Crippen LogP contribution >= 0.6 is 0 Å². The van der Waals surface area contributed by atoms with Crippen molar-refractivity contribution < 1.29 is 63.5 Å². The molecule has 3 heterocycles. The molecule has 0 saturated carbocycles. The maximum Gasteiger partial charge on any atom is 0.253 e. The van der Waals surface area contributed by atoms with Gasteiger partial charge in [-0.25, -0.2) is 0 Å². The Morgan fingerprint density at radius 2 is 0.500 bits per heavy atom. The van der Waals surface area contributed by atoms with Crippen LogP contribution in [-0.2, 0) is 28.4 Å². The van der Waals surface area contributed by atoms with Crippen LogP contribution in [0, 0.1) is 47.1 Å². The maximum atomic E-state index is 12.2. The molecule has 3 rings (SSSR count). The van der Waals surface area contributed by atoms with E-state index in [1.54, 1.807) is 0 Å². The van der Waals surface area contributed by atoms with Gasteiger partial charge in [0.2, 0.25) is 23.3 Å². The molecule has 2 aromatic heterocycles. The van der Waals surface area contributed by atoms with E-state index in [-0.39, 0.29) is 0 Å². The van der Waals surface area contributed by atoms with Crippen molar-refractivity contribution in [1.82, 2.24) is 9.97 Å². The Balaban J connectivity index is 0.000000315. The zero-order chi connectivity index (χ0) is 29.9. The molecule has 18 heteroatoms. The van der Waals surface area contributed by atoms with Crippen molar-refractivity contribution in [2.24, 2.45) is 0 Å². The standard InChI is InChI=1S/C12H24O6.2C5H2F4N2/c1-2-14-5-6-16-9-10-18-12-11-17-8-7-15-4-3-13-1;2*6-1-3(10)2(7)5(9)11-4(1)8/h1-12H2;2*(H2,10,11). The smallest absolute Gasteiger partial charge is 0.253 e. The van der Waals surface area contributed by atoms with Crippen LogP contribution in [0.5, 0.6) is 0 Å². The first kappa shape index (κ1) is 35.1. The number of halogens is 8. The zero-order valence-corrected chi connectivity index (χ0v) is 21.0. The highest BCUT2D eigenvalue weighted by Gasteiger charge is 2.18. The lowest BCUT2D eigenvalue weighted by Gasteiger charge is -2.09. The molecule has 1 aliphatic rings. The molecule has 0 bridgehead atoms. The average Bonchev–Trinajstić information content (AvgIpc) is 2.93. The Labute approximate surface area is 223 Å². The fourth-order valence-electron chi connectivity index (χ4n) is 2.33. The van der Waals surface area contributed by atoms with E-state index in [2.05, 4.69) is 21.4 Å². The van der Waals surface area contributed by atoms with Crippen molar-refractivity contribution in [3.05, 3.63) is 47.1 Å². The summed E-state index contributed by atoms with van der Waals surface area (Å²) in [5, 5.41) is 0. The largest absolute Gasteiger partial charge is 0.394 e. The first-order chi connectivity index (χ1) is 19.1. The number of nitrogens with two attached hydrogens (primary N) is 2. The molecule has 0 atom stereocenters. The number of anilines is 2. The monoisotopic (exact) mass is 596 g/mol. The van der Waals surface area contributed by atoms with Crippen LogP contribution in [0.4, 0.5) is 46.5 Å². The van der Waals surface area contributed by atoms with Gasteiger partial charge in [-0.15, -0.1) is 0 Å². The fraction of sp³-hybridized carbons (Fsp3) is 0.545. The number of ether oxygens (including phenoxy) is 6. The summed E-state index contributed by atoms with van der Waals surface area (Å²) in [6.45, 7) is 7.04. The van der Waals surface area contributed by atoms with Crippen molar-refractivity contribution in [1.29, 1.82) is 0 Å². The molecule has 4 N–H and O–H groups in total. The van der Waals surface area contributed by atoms with Gasteiger partial charge < -0.3 is 39.9 Å². The molecule has 2 aromatic rings. The van der Waals surface area contributed by atoms with E-state index in [1.807, 2.05) is 0 Å². The molecule has 1 aliphatic heterocycles. The van der Waals surface area contributed by atoms with E-state index in [0.717, 1.165) is 0 Å². The first-order valence-corrected chi connectivity index (χ1v) is 11.4. The number of rotatable bonds is 0.